The highest BCUT2D eigenvalue weighted by atomic mass is 32.1. The maximum Gasteiger partial charge on any atom is 0.259 e. The summed E-state index contributed by atoms with van der Waals surface area (Å²) in [5.41, 5.74) is 1.89. The van der Waals surface area contributed by atoms with Crippen LogP contribution in [0.1, 0.15) is 39.5 Å². The van der Waals surface area contributed by atoms with Gasteiger partial charge in [-0.25, -0.2) is 4.98 Å². The smallest absolute Gasteiger partial charge is 0.259 e. The minimum atomic E-state index is -0.00674. The van der Waals surface area contributed by atoms with Crippen LogP contribution in [0.5, 0.6) is 5.75 Å². The molecule has 2 aromatic heterocycles. The molecule has 1 amide bonds. The Balaban J connectivity index is 1.24. The van der Waals surface area contributed by atoms with Gasteiger partial charge in [0.1, 0.15) is 16.4 Å². The normalized spacial score (nSPS) is 17.0. The summed E-state index contributed by atoms with van der Waals surface area (Å²) in [7, 11) is 1.61. The molecule has 3 heterocycles. The number of fused-ring (bicyclic) bond motifs is 3. The van der Waals surface area contributed by atoms with Crippen molar-refractivity contribution in [2.45, 2.75) is 32.2 Å². The summed E-state index contributed by atoms with van der Waals surface area (Å²) in [5, 5.41) is 0.804. The van der Waals surface area contributed by atoms with Gasteiger partial charge in [-0.3, -0.25) is 14.5 Å². The molecule has 0 radical (unpaired) electrons. The molecule has 1 aromatic carbocycles. The maximum absolute atomic E-state index is 12.8. The zero-order valence-electron chi connectivity index (χ0n) is 17.6. The second-order valence-corrected chi connectivity index (χ2v) is 9.28. The van der Waals surface area contributed by atoms with Crippen LogP contribution in [-0.2, 0) is 19.4 Å². The van der Waals surface area contributed by atoms with E-state index >= 15 is 0 Å². The van der Waals surface area contributed by atoms with Crippen molar-refractivity contribution < 1.29 is 9.53 Å². The fraction of sp³-hybridized carbons (Fsp3) is 0.435. The number of rotatable bonds is 4. The highest BCUT2D eigenvalue weighted by Crippen LogP contribution is 2.33. The third-order valence-electron chi connectivity index (χ3n) is 6.24. The van der Waals surface area contributed by atoms with Crippen molar-refractivity contribution in [2.24, 2.45) is 0 Å². The first-order valence-electron chi connectivity index (χ1n) is 10.8. The van der Waals surface area contributed by atoms with Gasteiger partial charge in [0.15, 0.2) is 0 Å². The third kappa shape index (κ3) is 3.97. The molecular formula is C23H26N4O3S. The average Bonchev–Trinajstić information content (AvgIpc) is 3.18. The average molecular weight is 439 g/mol. The number of aromatic amines is 1. The van der Waals surface area contributed by atoms with Crippen LogP contribution in [0.2, 0.25) is 0 Å². The Hall–Kier alpha value is -2.71. The van der Waals surface area contributed by atoms with Gasteiger partial charge in [-0.1, -0.05) is 0 Å². The standard InChI is InChI=1S/C23H26N4O3S/c1-30-16-8-6-15(7-9-16)23(29)27-12-10-26(11-13-27)14-19-24-21(28)20-17-4-2-3-5-18(17)31-22(20)25-19/h6-9H,2-5,10-14H2,1H3,(H,24,25,28). The van der Waals surface area contributed by atoms with E-state index in [1.807, 2.05) is 17.0 Å². The van der Waals surface area contributed by atoms with Crippen LogP contribution >= 0.6 is 11.3 Å². The molecule has 1 N–H and O–H groups in total. The molecule has 0 atom stereocenters. The van der Waals surface area contributed by atoms with E-state index in [9.17, 15) is 9.59 Å². The summed E-state index contributed by atoms with van der Waals surface area (Å²) >= 11 is 1.68. The number of nitrogens with one attached hydrogen (secondary N) is 1. The number of carbonyl (C=O) groups is 1. The lowest BCUT2D eigenvalue weighted by atomic mass is 9.97. The summed E-state index contributed by atoms with van der Waals surface area (Å²) < 4.78 is 5.16. The lowest BCUT2D eigenvalue weighted by Gasteiger charge is -2.34. The lowest BCUT2D eigenvalue weighted by Crippen LogP contribution is -2.48. The van der Waals surface area contributed by atoms with Crippen LogP contribution in [-0.4, -0.2) is 59.0 Å². The molecule has 0 saturated carbocycles. The SMILES string of the molecule is COc1ccc(C(=O)N2CCN(Cc3nc4sc5c(c4c(=O)[nH]3)CCCC5)CC2)cc1. The van der Waals surface area contributed by atoms with Gasteiger partial charge >= 0.3 is 0 Å². The lowest BCUT2D eigenvalue weighted by molar-refractivity contribution is 0.0625. The predicted molar refractivity (Wildman–Crippen MR) is 121 cm³/mol. The molecule has 1 aliphatic heterocycles. The Morgan fingerprint density at radius 2 is 1.87 bits per heavy atom. The highest BCUT2D eigenvalue weighted by molar-refractivity contribution is 7.18. The zero-order chi connectivity index (χ0) is 21.4. The van der Waals surface area contributed by atoms with E-state index in [0.717, 1.165) is 48.3 Å². The zero-order valence-corrected chi connectivity index (χ0v) is 18.5. The Labute approximate surface area is 184 Å². The quantitative estimate of drug-likeness (QED) is 0.678. The molecule has 1 aliphatic carbocycles. The summed E-state index contributed by atoms with van der Waals surface area (Å²) in [4.78, 5) is 39.6. The van der Waals surface area contributed by atoms with E-state index in [4.69, 9.17) is 9.72 Å². The van der Waals surface area contributed by atoms with E-state index in [0.29, 0.717) is 31.0 Å². The van der Waals surface area contributed by atoms with Crippen molar-refractivity contribution in [2.75, 3.05) is 33.3 Å². The fourth-order valence-electron chi connectivity index (χ4n) is 4.52. The molecule has 0 spiro atoms. The van der Waals surface area contributed by atoms with E-state index in [1.165, 1.54) is 16.9 Å². The molecule has 1 saturated heterocycles. The number of nitrogens with zero attached hydrogens (tertiary/aromatic N) is 3. The van der Waals surface area contributed by atoms with Crippen molar-refractivity contribution >= 4 is 27.5 Å². The number of benzene rings is 1. The fourth-order valence-corrected chi connectivity index (χ4v) is 5.80. The number of amides is 1. The summed E-state index contributed by atoms with van der Waals surface area (Å²) in [6.07, 6.45) is 4.41. The number of hydrogen-bond donors (Lipinski definition) is 1. The topological polar surface area (TPSA) is 78.5 Å². The summed E-state index contributed by atoms with van der Waals surface area (Å²) in [6.45, 7) is 3.42. The van der Waals surface area contributed by atoms with Gasteiger partial charge in [-0.05, 0) is 55.5 Å². The van der Waals surface area contributed by atoms with E-state index < -0.39 is 0 Å². The molecule has 31 heavy (non-hydrogen) atoms. The van der Waals surface area contributed by atoms with Gasteiger partial charge in [-0.2, -0.15) is 0 Å². The molecule has 7 nitrogen and oxygen atoms in total. The van der Waals surface area contributed by atoms with Crippen LogP contribution in [0.3, 0.4) is 0 Å². The maximum atomic E-state index is 12.8. The van der Waals surface area contributed by atoms with Crippen LogP contribution in [0.25, 0.3) is 10.2 Å². The molecule has 2 aliphatic rings. The molecule has 162 valence electrons. The summed E-state index contributed by atoms with van der Waals surface area (Å²) in [6, 6.07) is 7.23. The third-order valence-corrected chi connectivity index (χ3v) is 7.43. The summed E-state index contributed by atoms with van der Waals surface area (Å²) in [5.74, 6) is 1.50. The molecule has 3 aromatic rings. The monoisotopic (exact) mass is 438 g/mol. The van der Waals surface area contributed by atoms with Crippen molar-refractivity contribution in [1.29, 1.82) is 0 Å². The second kappa shape index (κ2) is 8.43. The van der Waals surface area contributed by atoms with Crippen LogP contribution in [0, 0.1) is 0 Å². The Bertz CT molecular complexity index is 1160. The number of carbonyl (C=O) groups excluding carboxylic acids is 1. The number of methoxy groups -OCH3 is 1. The number of thiophene rings is 1. The first-order chi connectivity index (χ1) is 15.1. The van der Waals surface area contributed by atoms with Crippen LogP contribution in [0.4, 0.5) is 0 Å². The molecular weight excluding hydrogens is 412 g/mol. The van der Waals surface area contributed by atoms with E-state index in [1.54, 1.807) is 30.6 Å². The van der Waals surface area contributed by atoms with Crippen molar-refractivity contribution in [3.63, 3.8) is 0 Å². The number of hydrogen-bond acceptors (Lipinski definition) is 6. The number of aryl methyl sites for hydroxylation is 2. The van der Waals surface area contributed by atoms with Gasteiger partial charge in [0.2, 0.25) is 0 Å². The van der Waals surface area contributed by atoms with E-state index in [2.05, 4.69) is 9.88 Å². The van der Waals surface area contributed by atoms with Gasteiger partial charge in [0, 0.05) is 36.6 Å². The molecule has 5 rings (SSSR count). The van der Waals surface area contributed by atoms with Crippen LogP contribution < -0.4 is 10.3 Å². The first-order valence-corrected chi connectivity index (χ1v) is 11.6. The molecule has 8 heteroatoms. The Morgan fingerprint density at radius 1 is 1.13 bits per heavy atom. The van der Waals surface area contributed by atoms with Gasteiger partial charge < -0.3 is 14.6 Å². The van der Waals surface area contributed by atoms with Crippen molar-refractivity contribution in [1.82, 2.24) is 19.8 Å². The molecule has 0 bridgehead atoms. The number of aromatic nitrogens is 2. The van der Waals surface area contributed by atoms with E-state index in [-0.39, 0.29) is 11.5 Å². The number of H-pyrrole nitrogens is 1. The number of ether oxygens (including phenoxy) is 1. The Morgan fingerprint density at radius 3 is 2.61 bits per heavy atom. The first kappa shape index (κ1) is 20.2. The predicted octanol–water partition coefficient (Wildman–Crippen LogP) is 2.83. The van der Waals surface area contributed by atoms with Crippen molar-refractivity contribution in [3.8, 4) is 5.75 Å². The highest BCUT2D eigenvalue weighted by Gasteiger charge is 2.24. The van der Waals surface area contributed by atoms with Crippen LogP contribution in [0.15, 0.2) is 29.1 Å². The minimum Gasteiger partial charge on any atom is -0.497 e. The second-order valence-electron chi connectivity index (χ2n) is 8.20. The largest absolute Gasteiger partial charge is 0.497 e. The minimum absolute atomic E-state index is 0.00674. The molecule has 1 fully saturated rings. The van der Waals surface area contributed by atoms with Gasteiger partial charge in [-0.15, -0.1) is 11.3 Å². The Kier molecular flexibility index (Phi) is 5.50. The van der Waals surface area contributed by atoms with Gasteiger partial charge in [0.05, 0.1) is 19.0 Å². The van der Waals surface area contributed by atoms with Gasteiger partial charge in [0.25, 0.3) is 11.5 Å². The molecule has 0 unspecified atom stereocenters. The van der Waals surface area contributed by atoms with Crippen molar-refractivity contribution in [3.05, 3.63) is 56.4 Å². The number of piperazine rings is 1.